The van der Waals surface area contributed by atoms with E-state index in [4.69, 9.17) is 0 Å². The highest BCUT2D eigenvalue weighted by molar-refractivity contribution is 7.98. The van der Waals surface area contributed by atoms with Crippen LogP contribution in [0.1, 0.15) is 17.1 Å². The highest BCUT2D eigenvalue weighted by Gasteiger charge is 2.11. The van der Waals surface area contributed by atoms with E-state index in [0.717, 1.165) is 24.5 Å². The Morgan fingerprint density at radius 2 is 2.54 bits per heavy atom. The van der Waals surface area contributed by atoms with Crippen molar-refractivity contribution in [2.45, 2.75) is 18.7 Å². The molecule has 0 saturated carbocycles. The molecule has 1 N–H and O–H groups in total. The summed E-state index contributed by atoms with van der Waals surface area (Å²) in [4.78, 5) is 8.81. The molecule has 0 bridgehead atoms. The van der Waals surface area contributed by atoms with Crippen LogP contribution >= 0.6 is 11.8 Å². The molecule has 2 heterocycles. The molecule has 13 heavy (non-hydrogen) atoms. The Labute approximate surface area is 82.4 Å². The third-order valence-electron chi connectivity index (χ3n) is 2.08. The van der Waals surface area contributed by atoms with Crippen LogP contribution in [0.15, 0.2) is 6.20 Å². The van der Waals surface area contributed by atoms with Crippen molar-refractivity contribution in [1.29, 1.82) is 0 Å². The van der Waals surface area contributed by atoms with E-state index in [9.17, 15) is 0 Å². The SMILES string of the molecule is CNCc1ncc2c(n1)CCSC2. The summed E-state index contributed by atoms with van der Waals surface area (Å²) in [6, 6.07) is 0. The van der Waals surface area contributed by atoms with Gasteiger partial charge in [-0.2, -0.15) is 11.8 Å². The first kappa shape index (κ1) is 8.97. The van der Waals surface area contributed by atoms with E-state index in [1.165, 1.54) is 17.0 Å². The first-order valence-electron chi connectivity index (χ1n) is 4.46. The van der Waals surface area contributed by atoms with Crippen LogP contribution in [0.2, 0.25) is 0 Å². The molecule has 2 rings (SSSR count). The van der Waals surface area contributed by atoms with Crippen molar-refractivity contribution < 1.29 is 0 Å². The lowest BCUT2D eigenvalue weighted by Gasteiger charge is -2.14. The van der Waals surface area contributed by atoms with Crippen LogP contribution in [-0.4, -0.2) is 22.8 Å². The van der Waals surface area contributed by atoms with E-state index in [1.807, 2.05) is 25.0 Å². The second-order valence-electron chi connectivity index (χ2n) is 3.09. The van der Waals surface area contributed by atoms with E-state index in [0.29, 0.717) is 0 Å². The summed E-state index contributed by atoms with van der Waals surface area (Å²) >= 11 is 1.96. The summed E-state index contributed by atoms with van der Waals surface area (Å²) < 4.78 is 0. The Kier molecular flexibility index (Phi) is 2.80. The summed E-state index contributed by atoms with van der Waals surface area (Å²) in [5.41, 5.74) is 2.56. The van der Waals surface area contributed by atoms with Crippen molar-refractivity contribution in [3.8, 4) is 0 Å². The van der Waals surface area contributed by atoms with E-state index < -0.39 is 0 Å². The summed E-state index contributed by atoms with van der Waals surface area (Å²) in [5, 5.41) is 3.06. The van der Waals surface area contributed by atoms with Crippen LogP contribution in [0.5, 0.6) is 0 Å². The van der Waals surface area contributed by atoms with Gasteiger partial charge in [0.25, 0.3) is 0 Å². The van der Waals surface area contributed by atoms with Crippen molar-refractivity contribution in [1.82, 2.24) is 15.3 Å². The minimum atomic E-state index is 0.764. The molecule has 0 aromatic carbocycles. The quantitative estimate of drug-likeness (QED) is 0.763. The van der Waals surface area contributed by atoms with Crippen LogP contribution in [0.3, 0.4) is 0 Å². The molecule has 0 aliphatic carbocycles. The number of fused-ring (bicyclic) bond motifs is 1. The van der Waals surface area contributed by atoms with Crippen LogP contribution in [0.4, 0.5) is 0 Å². The van der Waals surface area contributed by atoms with Gasteiger partial charge in [0.2, 0.25) is 0 Å². The molecule has 0 radical (unpaired) electrons. The first-order valence-corrected chi connectivity index (χ1v) is 5.61. The van der Waals surface area contributed by atoms with Gasteiger partial charge in [0.1, 0.15) is 5.82 Å². The average Bonchev–Trinajstić information content (AvgIpc) is 2.18. The van der Waals surface area contributed by atoms with E-state index in [-0.39, 0.29) is 0 Å². The third-order valence-corrected chi connectivity index (χ3v) is 3.09. The fourth-order valence-corrected chi connectivity index (χ4v) is 2.36. The maximum absolute atomic E-state index is 4.52. The number of thioether (sulfide) groups is 1. The van der Waals surface area contributed by atoms with Crippen molar-refractivity contribution in [3.05, 3.63) is 23.3 Å². The smallest absolute Gasteiger partial charge is 0.142 e. The lowest BCUT2D eigenvalue weighted by Crippen LogP contribution is -2.13. The number of hydrogen-bond donors (Lipinski definition) is 1. The summed E-state index contributed by atoms with van der Waals surface area (Å²) in [5.74, 6) is 3.19. The number of aryl methyl sites for hydroxylation is 1. The first-order chi connectivity index (χ1) is 6.40. The number of hydrogen-bond acceptors (Lipinski definition) is 4. The van der Waals surface area contributed by atoms with Gasteiger partial charge < -0.3 is 5.32 Å². The molecule has 0 unspecified atom stereocenters. The lowest BCUT2D eigenvalue weighted by molar-refractivity contribution is 0.742. The number of nitrogens with zero attached hydrogens (tertiary/aromatic N) is 2. The fourth-order valence-electron chi connectivity index (χ4n) is 1.41. The second kappa shape index (κ2) is 4.07. The highest BCUT2D eigenvalue weighted by Crippen LogP contribution is 2.21. The normalized spacial score (nSPS) is 15.5. The molecule has 1 aliphatic heterocycles. The topological polar surface area (TPSA) is 37.8 Å². The van der Waals surface area contributed by atoms with E-state index >= 15 is 0 Å². The molecule has 0 saturated heterocycles. The van der Waals surface area contributed by atoms with Crippen molar-refractivity contribution in [3.63, 3.8) is 0 Å². The Morgan fingerprint density at radius 3 is 3.38 bits per heavy atom. The fraction of sp³-hybridized carbons (Fsp3) is 0.556. The molecular weight excluding hydrogens is 182 g/mol. The molecule has 0 spiro atoms. The van der Waals surface area contributed by atoms with Crippen LogP contribution in [0.25, 0.3) is 0 Å². The predicted molar refractivity (Wildman–Crippen MR) is 54.7 cm³/mol. The van der Waals surface area contributed by atoms with Gasteiger partial charge >= 0.3 is 0 Å². The van der Waals surface area contributed by atoms with Crippen molar-refractivity contribution >= 4 is 11.8 Å². The van der Waals surface area contributed by atoms with Crippen LogP contribution in [-0.2, 0) is 18.7 Å². The zero-order valence-electron chi connectivity index (χ0n) is 7.71. The molecule has 1 aromatic heterocycles. The summed E-state index contributed by atoms with van der Waals surface area (Å²) in [6.07, 6.45) is 3.07. The maximum atomic E-state index is 4.52. The monoisotopic (exact) mass is 195 g/mol. The van der Waals surface area contributed by atoms with Gasteiger partial charge in [0, 0.05) is 23.2 Å². The van der Waals surface area contributed by atoms with Gasteiger partial charge in [0.05, 0.1) is 6.54 Å². The van der Waals surface area contributed by atoms with Crippen LogP contribution < -0.4 is 5.32 Å². The van der Waals surface area contributed by atoms with Crippen LogP contribution in [0, 0.1) is 0 Å². The predicted octanol–water partition coefficient (Wildman–Crippen LogP) is 0.985. The van der Waals surface area contributed by atoms with Gasteiger partial charge in [0.15, 0.2) is 0 Å². The highest BCUT2D eigenvalue weighted by atomic mass is 32.2. The Morgan fingerprint density at radius 1 is 1.62 bits per heavy atom. The number of aromatic nitrogens is 2. The lowest BCUT2D eigenvalue weighted by atomic mass is 10.2. The van der Waals surface area contributed by atoms with E-state index in [1.54, 1.807) is 0 Å². The molecule has 4 heteroatoms. The molecule has 3 nitrogen and oxygen atoms in total. The van der Waals surface area contributed by atoms with Crippen molar-refractivity contribution in [2.75, 3.05) is 12.8 Å². The Bertz CT molecular complexity index is 301. The molecule has 1 aliphatic rings. The zero-order chi connectivity index (χ0) is 9.10. The molecule has 0 fully saturated rings. The molecule has 0 amide bonds. The van der Waals surface area contributed by atoms with Gasteiger partial charge in [-0.25, -0.2) is 9.97 Å². The Hall–Kier alpha value is -0.610. The third kappa shape index (κ3) is 2.00. The number of nitrogens with one attached hydrogen (secondary N) is 1. The second-order valence-corrected chi connectivity index (χ2v) is 4.20. The summed E-state index contributed by atoms with van der Waals surface area (Å²) in [6.45, 7) is 0.764. The maximum Gasteiger partial charge on any atom is 0.142 e. The van der Waals surface area contributed by atoms with Gasteiger partial charge in [-0.15, -0.1) is 0 Å². The largest absolute Gasteiger partial charge is 0.313 e. The molecule has 0 atom stereocenters. The minimum Gasteiger partial charge on any atom is -0.313 e. The molecule has 1 aromatic rings. The Balaban J connectivity index is 2.24. The molecular formula is C9H13N3S. The van der Waals surface area contributed by atoms with E-state index in [2.05, 4.69) is 15.3 Å². The van der Waals surface area contributed by atoms with Gasteiger partial charge in [-0.1, -0.05) is 0 Å². The van der Waals surface area contributed by atoms with Gasteiger partial charge in [-0.05, 0) is 19.2 Å². The number of rotatable bonds is 2. The minimum absolute atomic E-state index is 0.764. The van der Waals surface area contributed by atoms with Gasteiger partial charge in [-0.3, -0.25) is 0 Å². The van der Waals surface area contributed by atoms with Crippen molar-refractivity contribution in [2.24, 2.45) is 0 Å². The zero-order valence-corrected chi connectivity index (χ0v) is 8.52. The average molecular weight is 195 g/mol. The summed E-state index contributed by atoms with van der Waals surface area (Å²) in [7, 11) is 1.92. The molecule has 70 valence electrons. The standard InChI is InChI=1S/C9H13N3S/c1-10-5-9-11-4-7-6-13-3-2-8(7)12-9/h4,10H,2-3,5-6H2,1H3.